The lowest BCUT2D eigenvalue weighted by Crippen LogP contribution is -2.21. The van der Waals surface area contributed by atoms with Crippen molar-refractivity contribution in [1.29, 1.82) is 0 Å². The van der Waals surface area contributed by atoms with Crippen LogP contribution < -0.4 is 5.56 Å². The van der Waals surface area contributed by atoms with Crippen LogP contribution in [0.25, 0.3) is 16.7 Å². The first kappa shape index (κ1) is 16.2. The molecule has 4 aromatic rings. The molecule has 2 aromatic carbocycles. The van der Waals surface area contributed by atoms with Crippen LogP contribution in [0.15, 0.2) is 59.8 Å². The number of rotatable bonds is 3. The van der Waals surface area contributed by atoms with E-state index in [-0.39, 0.29) is 17.9 Å². The summed E-state index contributed by atoms with van der Waals surface area (Å²) < 4.78 is 16.5. The molecule has 0 radical (unpaired) electrons. The number of hydrogen-bond acceptors (Lipinski definition) is 3. The average Bonchev–Trinajstić information content (AvgIpc) is 3.01. The van der Waals surface area contributed by atoms with Gasteiger partial charge in [0, 0.05) is 0 Å². The quantitative estimate of drug-likeness (QED) is 0.570. The van der Waals surface area contributed by atoms with Crippen LogP contribution in [0.2, 0.25) is 0 Å². The van der Waals surface area contributed by atoms with Gasteiger partial charge in [0.05, 0.1) is 18.4 Å². The van der Waals surface area contributed by atoms with Crippen molar-refractivity contribution in [1.82, 2.24) is 19.3 Å². The molecule has 0 fully saturated rings. The number of halogens is 1. The largest absolute Gasteiger partial charge is 0.294 e. The molecule has 0 spiro atoms. The highest BCUT2D eigenvalue weighted by molar-refractivity contribution is 5.75. The van der Waals surface area contributed by atoms with Crippen LogP contribution in [-0.4, -0.2) is 19.3 Å². The van der Waals surface area contributed by atoms with Crippen molar-refractivity contribution in [3.05, 3.63) is 87.9 Å². The van der Waals surface area contributed by atoms with Crippen molar-refractivity contribution in [2.75, 3.05) is 0 Å². The summed E-state index contributed by atoms with van der Waals surface area (Å²) in [6.07, 6.45) is 3.01. The molecule has 4 rings (SSSR count). The molecular formula is C20H17FN4O. The second-order valence-electron chi connectivity index (χ2n) is 6.45. The van der Waals surface area contributed by atoms with E-state index in [2.05, 4.69) is 16.1 Å². The van der Waals surface area contributed by atoms with Crippen LogP contribution in [-0.2, 0) is 6.54 Å². The summed E-state index contributed by atoms with van der Waals surface area (Å²) in [7, 11) is 0. The summed E-state index contributed by atoms with van der Waals surface area (Å²) in [5, 5.41) is 4.79. The van der Waals surface area contributed by atoms with Gasteiger partial charge >= 0.3 is 0 Å². The Balaban J connectivity index is 1.79. The van der Waals surface area contributed by atoms with Gasteiger partial charge in [-0.05, 0) is 54.8 Å². The van der Waals surface area contributed by atoms with Crippen LogP contribution in [0.4, 0.5) is 4.39 Å². The first-order valence-electron chi connectivity index (χ1n) is 8.27. The second kappa shape index (κ2) is 6.22. The molecule has 0 amide bonds. The monoisotopic (exact) mass is 348 g/mol. The molecule has 130 valence electrons. The number of hydrogen-bond donors (Lipinski definition) is 0. The summed E-state index contributed by atoms with van der Waals surface area (Å²) >= 11 is 0. The minimum absolute atomic E-state index is 0.199. The molecule has 0 saturated heterocycles. The van der Waals surface area contributed by atoms with Gasteiger partial charge in [0.1, 0.15) is 17.5 Å². The Morgan fingerprint density at radius 2 is 1.85 bits per heavy atom. The third-order valence-corrected chi connectivity index (χ3v) is 4.25. The molecule has 0 bridgehead atoms. The molecular weight excluding hydrogens is 331 g/mol. The lowest BCUT2D eigenvalue weighted by atomic mass is 10.1. The Bertz CT molecular complexity index is 1160. The molecule has 0 aliphatic rings. The van der Waals surface area contributed by atoms with E-state index >= 15 is 0 Å². The van der Waals surface area contributed by atoms with Gasteiger partial charge < -0.3 is 0 Å². The minimum Gasteiger partial charge on any atom is -0.294 e. The van der Waals surface area contributed by atoms with Crippen molar-refractivity contribution < 1.29 is 4.39 Å². The molecule has 26 heavy (non-hydrogen) atoms. The van der Waals surface area contributed by atoms with Crippen molar-refractivity contribution >= 4 is 11.0 Å². The minimum atomic E-state index is -0.327. The molecule has 0 unspecified atom stereocenters. The highest BCUT2D eigenvalue weighted by Crippen LogP contribution is 2.17. The van der Waals surface area contributed by atoms with E-state index in [1.165, 1.54) is 29.2 Å². The SMILES string of the molecule is Cc1cc(C)cc(-n2ncc3c(=O)n(Cc4cccc(F)c4)cnc32)c1. The topological polar surface area (TPSA) is 52.7 Å². The maximum atomic E-state index is 13.4. The molecule has 2 heterocycles. The predicted octanol–water partition coefficient (Wildman–Crippen LogP) is 3.39. The molecule has 0 aliphatic heterocycles. The fourth-order valence-electron chi connectivity index (χ4n) is 3.16. The van der Waals surface area contributed by atoms with Gasteiger partial charge in [-0.2, -0.15) is 5.10 Å². The van der Waals surface area contributed by atoms with Crippen molar-refractivity contribution in [3.63, 3.8) is 0 Å². The Kier molecular flexibility index (Phi) is 3.88. The van der Waals surface area contributed by atoms with E-state index in [1.54, 1.807) is 16.8 Å². The third-order valence-electron chi connectivity index (χ3n) is 4.25. The third kappa shape index (κ3) is 2.90. The Morgan fingerprint density at radius 3 is 2.58 bits per heavy atom. The standard InChI is InChI=1S/C20H17FN4O/c1-13-6-14(2)8-17(7-13)25-19-18(10-23-25)20(26)24(12-22-19)11-15-4-3-5-16(21)9-15/h3-10,12H,11H2,1-2H3. The number of fused-ring (bicyclic) bond motifs is 1. The van der Waals surface area contributed by atoms with Gasteiger partial charge in [-0.25, -0.2) is 14.1 Å². The Morgan fingerprint density at radius 1 is 1.08 bits per heavy atom. The van der Waals surface area contributed by atoms with Gasteiger partial charge in [-0.15, -0.1) is 0 Å². The normalized spacial score (nSPS) is 11.2. The van der Waals surface area contributed by atoms with E-state index in [0.717, 1.165) is 16.8 Å². The zero-order valence-corrected chi connectivity index (χ0v) is 14.5. The molecule has 6 heteroatoms. The Hall–Kier alpha value is -3.28. The lowest BCUT2D eigenvalue weighted by Gasteiger charge is -2.08. The number of benzene rings is 2. The predicted molar refractivity (Wildman–Crippen MR) is 98.1 cm³/mol. The van der Waals surface area contributed by atoms with Crippen molar-refractivity contribution in [2.24, 2.45) is 0 Å². The average molecular weight is 348 g/mol. The van der Waals surface area contributed by atoms with E-state index in [0.29, 0.717) is 16.6 Å². The Labute approximate surface area is 149 Å². The summed E-state index contributed by atoms with van der Waals surface area (Å²) in [5.41, 5.74) is 4.11. The summed E-state index contributed by atoms with van der Waals surface area (Å²) in [5.74, 6) is -0.327. The molecule has 0 atom stereocenters. The fraction of sp³-hybridized carbons (Fsp3) is 0.150. The van der Waals surface area contributed by atoms with Gasteiger partial charge in [0.15, 0.2) is 5.65 Å². The van der Waals surface area contributed by atoms with Crippen molar-refractivity contribution in [2.45, 2.75) is 20.4 Å². The highest BCUT2D eigenvalue weighted by atomic mass is 19.1. The molecule has 0 aliphatic carbocycles. The number of aryl methyl sites for hydroxylation is 2. The van der Waals surface area contributed by atoms with Gasteiger partial charge in [-0.3, -0.25) is 9.36 Å². The van der Waals surface area contributed by atoms with Crippen molar-refractivity contribution in [3.8, 4) is 5.69 Å². The van der Waals surface area contributed by atoms with E-state index in [9.17, 15) is 9.18 Å². The van der Waals surface area contributed by atoms with Gasteiger partial charge in [0.25, 0.3) is 5.56 Å². The molecule has 0 N–H and O–H groups in total. The highest BCUT2D eigenvalue weighted by Gasteiger charge is 2.12. The smallest absolute Gasteiger partial charge is 0.264 e. The van der Waals surface area contributed by atoms with E-state index in [1.807, 2.05) is 26.0 Å². The summed E-state index contributed by atoms with van der Waals surface area (Å²) in [4.78, 5) is 17.2. The maximum absolute atomic E-state index is 13.4. The number of nitrogens with zero attached hydrogens (tertiary/aromatic N) is 4. The van der Waals surface area contributed by atoms with Crippen LogP contribution >= 0.6 is 0 Å². The van der Waals surface area contributed by atoms with E-state index in [4.69, 9.17) is 0 Å². The van der Waals surface area contributed by atoms with Crippen LogP contribution in [0.1, 0.15) is 16.7 Å². The summed E-state index contributed by atoms with van der Waals surface area (Å²) in [6.45, 7) is 4.29. The molecule has 0 saturated carbocycles. The fourth-order valence-corrected chi connectivity index (χ4v) is 3.16. The first-order valence-corrected chi connectivity index (χ1v) is 8.27. The zero-order valence-electron chi connectivity index (χ0n) is 14.5. The molecule has 2 aromatic heterocycles. The maximum Gasteiger partial charge on any atom is 0.264 e. The van der Waals surface area contributed by atoms with Crippen LogP contribution in [0.5, 0.6) is 0 Å². The van der Waals surface area contributed by atoms with Crippen LogP contribution in [0.3, 0.4) is 0 Å². The zero-order chi connectivity index (χ0) is 18.3. The van der Waals surface area contributed by atoms with E-state index < -0.39 is 0 Å². The first-order chi connectivity index (χ1) is 12.5. The summed E-state index contributed by atoms with van der Waals surface area (Å²) in [6, 6.07) is 12.3. The lowest BCUT2D eigenvalue weighted by molar-refractivity contribution is 0.622. The number of aromatic nitrogens is 4. The molecule has 5 nitrogen and oxygen atoms in total. The van der Waals surface area contributed by atoms with Gasteiger partial charge in [-0.1, -0.05) is 18.2 Å². The second-order valence-corrected chi connectivity index (χ2v) is 6.45. The van der Waals surface area contributed by atoms with Crippen LogP contribution in [0, 0.1) is 19.7 Å². The van der Waals surface area contributed by atoms with Gasteiger partial charge in [0.2, 0.25) is 0 Å².